The zero-order valence-corrected chi connectivity index (χ0v) is 11.4. The van der Waals surface area contributed by atoms with Gasteiger partial charge in [-0.05, 0) is 31.2 Å². The van der Waals surface area contributed by atoms with Gasteiger partial charge in [0, 0.05) is 7.05 Å². The predicted molar refractivity (Wildman–Crippen MR) is 71.1 cm³/mol. The monoisotopic (exact) mass is 280 g/mol. The number of aromatic nitrogens is 2. The van der Waals surface area contributed by atoms with Crippen LogP contribution in [0.4, 0.5) is 4.39 Å². The summed E-state index contributed by atoms with van der Waals surface area (Å²) < 4.78 is 14.7. The number of ketones is 1. The first-order chi connectivity index (χ1) is 8.97. The summed E-state index contributed by atoms with van der Waals surface area (Å²) in [6.07, 6.45) is 0. The Bertz CT molecular complexity index is 625. The topological polar surface area (TPSA) is 55.1 Å². The molecule has 1 N–H and O–H groups in total. The molecule has 1 heterocycles. The smallest absolute Gasteiger partial charge is 0.176 e. The summed E-state index contributed by atoms with van der Waals surface area (Å²) in [4.78, 5) is 11.9. The molecule has 6 heteroatoms. The maximum absolute atomic E-state index is 13.1. The highest BCUT2D eigenvalue weighted by Crippen LogP contribution is 2.23. The minimum atomic E-state index is -0.539. The van der Waals surface area contributed by atoms with Gasteiger partial charge >= 0.3 is 0 Å². The number of hydrogen-bond acceptors (Lipinski definition) is 4. The van der Waals surface area contributed by atoms with E-state index in [-0.39, 0.29) is 22.8 Å². The second kappa shape index (κ2) is 5.44. The van der Waals surface area contributed by atoms with E-state index in [0.717, 1.165) is 22.9 Å². The zero-order valence-electron chi connectivity index (χ0n) is 10.6. The summed E-state index contributed by atoms with van der Waals surface area (Å²) in [6.45, 7) is 1.87. The fraction of sp³-hybridized carbons (Fsp3) is 0.231. The Morgan fingerprint density at radius 3 is 2.84 bits per heavy atom. The van der Waals surface area contributed by atoms with Gasteiger partial charge in [0.15, 0.2) is 5.78 Å². The second-order valence-corrected chi connectivity index (χ2v) is 5.12. The molecule has 1 aromatic carbocycles. The van der Waals surface area contributed by atoms with Crippen molar-refractivity contribution >= 4 is 17.5 Å². The SMILES string of the molecule is Cc1cc(SCC(=O)c2cc(F)ccc2O)n(C)n1. The van der Waals surface area contributed by atoms with Gasteiger partial charge in [-0.3, -0.25) is 9.48 Å². The van der Waals surface area contributed by atoms with Crippen molar-refractivity contribution in [2.75, 3.05) is 5.75 Å². The van der Waals surface area contributed by atoms with Gasteiger partial charge in [-0.1, -0.05) is 11.8 Å². The number of phenols is 1. The van der Waals surface area contributed by atoms with Crippen molar-refractivity contribution in [1.29, 1.82) is 0 Å². The minimum absolute atomic E-state index is 0.00592. The van der Waals surface area contributed by atoms with Crippen molar-refractivity contribution in [3.63, 3.8) is 0 Å². The number of benzene rings is 1. The van der Waals surface area contributed by atoms with E-state index < -0.39 is 5.82 Å². The van der Waals surface area contributed by atoms with Gasteiger partial charge in [0.25, 0.3) is 0 Å². The molecule has 0 radical (unpaired) electrons. The number of carbonyl (C=O) groups excluding carboxylic acids is 1. The van der Waals surface area contributed by atoms with Gasteiger partial charge < -0.3 is 5.11 Å². The molecule has 2 aromatic rings. The molecule has 0 saturated heterocycles. The summed E-state index contributed by atoms with van der Waals surface area (Å²) in [5.74, 6) is -0.938. The third-order valence-corrected chi connectivity index (χ3v) is 3.65. The highest BCUT2D eigenvalue weighted by molar-refractivity contribution is 7.99. The van der Waals surface area contributed by atoms with E-state index in [1.54, 1.807) is 11.7 Å². The van der Waals surface area contributed by atoms with Gasteiger partial charge in [-0.25, -0.2) is 4.39 Å². The fourth-order valence-electron chi connectivity index (χ4n) is 1.67. The van der Waals surface area contributed by atoms with Crippen LogP contribution in [-0.2, 0) is 7.05 Å². The Kier molecular flexibility index (Phi) is 3.90. The lowest BCUT2D eigenvalue weighted by Gasteiger charge is -2.04. The molecule has 0 aliphatic rings. The van der Waals surface area contributed by atoms with Crippen molar-refractivity contribution in [3.05, 3.63) is 41.3 Å². The summed E-state index contributed by atoms with van der Waals surface area (Å²) in [6, 6.07) is 5.21. The van der Waals surface area contributed by atoms with Crippen LogP contribution in [0.25, 0.3) is 0 Å². The number of hydrogen-bond donors (Lipinski definition) is 1. The van der Waals surface area contributed by atoms with E-state index >= 15 is 0 Å². The molecule has 19 heavy (non-hydrogen) atoms. The summed E-state index contributed by atoms with van der Waals surface area (Å²) in [7, 11) is 1.79. The molecule has 2 rings (SSSR count). The van der Waals surface area contributed by atoms with E-state index in [2.05, 4.69) is 5.10 Å². The molecule has 0 saturated carbocycles. The van der Waals surface area contributed by atoms with Crippen molar-refractivity contribution in [3.8, 4) is 5.75 Å². The van der Waals surface area contributed by atoms with Crippen LogP contribution in [0, 0.1) is 12.7 Å². The van der Waals surface area contributed by atoms with E-state index in [9.17, 15) is 14.3 Å². The zero-order chi connectivity index (χ0) is 14.0. The standard InChI is InChI=1S/C13H13FN2O2S/c1-8-5-13(16(2)15-8)19-7-12(18)10-6-9(14)3-4-11(10)17/h3-6,17H,7H2,1-2H3. The molecule has 0 unspecified atom stereocenters. The number of phenolic OH excluding ortho intramolecular Hbond substituents is 1. The third kappa shape index (κ3) is 3.14. The lowest BCUT2D eigenvalue weighted by Crippen LogP contribution is -2.04. The maximum atomic E-state index is 13.1. The van der Waals surface area contributed by atoms with Gasteiger partial charge in [-0.15, -0.1) is 0 Å². The van der Waals surface area contributed by atoms with E-state index in [1.807, 2.05) is 13.0 Å². The number of rotatable bonds is 4. The van der Waals surface area contributed by atoms with E-state index in [1.165, 1.54) is 17.8 Å². The highest BCUT2D eigenvalue weighted by Gasteiger charge is 2.14. The van der Waals surface area contributed by atoms with Crippen LogP contribution in [0.2, 0.25) is 0 Å². The van der Waals surface area contributed by atoms with Crippen molar-refractivity contribution in [2.45, 2.75) is 11.9 Å². The number of aromatic hydroxyl groups is 1. The Labute approximate surface area is 114 Å². The number of carbonyl (C=O) groups is 1. The van der Waals surface area contributed by atoms with Crippen LogP contribution in [0.15, 0.2) is 29.3 Å². The number of nitrogens with zero attached hydrogens (tertiary/aromatic N) is 2. The quantitative estimate of drug-likeness (QED) is 0.690. The molecule has 0 atom stereocenters. The Hall–Kier alpha value is -1.82. The number of aryl methyl sites for hydroxylation is 2. The predicted octanol–water partition coefficient (Wildman–Crippen LogP) is 2.55. The number of thioether (sulfide) groups is 1. The fourth-order valence-corrected chi connectivity index (χ4v) is 2.59. The second-order valence-electron chi connectivity index (χ2n) is 4.12. The van der Waals surface area contributed by atoms with Crippen molar-refractivity contribution in [1.82, 2.24) is 9.78 Å². The van der Waals surface area contributed by atoms with Crippen LogP contribution in [0.3, 0.4) is 0 Å². The Morgan fingerprint density at radius 1 is 1.47 bits per heavy atom. The maximum Gasteiger partial charge on any atom is 0.176 e. The first kappa shape index (κ1) is 13.6. The average molecular weight is 280 g/mol. The Morgan fingerprint density at radius 2 is 2.21 bits per heavy atom. The van der Waals surface area contributed by atoms with E-state index in [0.29, 0.717) is 0 Å². The molecule has 4 nitrogen and oxygen atoms in total. The summed E-state index contributed by atoms with van der Waals surface area (Å²) >= 11 is 1.30. The molecule has 100 valence electrons. The third-order valence-electron chi connectivity index (χ3n) is 2.57. The van der Waals surface area contributed by atoms with Crippen LogP contribution in [-0.4, -0.2) is 26.4 Å². The molecular weight excluding hydrogens is 267 g/mol. The lowest BCUT2D eigenvalue weighted by atomic mass is 10.1. The molecule has 0 bridgehead atoms. The molecule has 0 spiro atoms. The largest absolute Gasteiger partial charge is 0.507 e. The lowest BCUT2D eigenvalue weighted by molar-refractivity contribution is 0.101. The number of Topliss-reactive ketones (excluding diaryl/α,β-unsaturated/α-hetero) is 1. The van der Waals surface area contributed by atoms with Gasteiger partial charge in [-0.2, -0.15) is 5.10 Å². The van der Waals surface area contributed by atoms with E-state index in [4.69, 9.17) is 0 Å². The van der Waals surface area contributed by atoms with Gasteiger partial charge in [0.2, 0.25) is 0 Å². The van der Waals surface area contributed by atoms with Gasteiger partial charge in [0.1, 0.15) is 11.6 Å². The van der Waals surface area contributed by atoms with Crippen LogP contribution < -0.4 is 0 Å². The average Bonchev–Trinajstić information content (AvgIpc) is 2.68. The van der Waals surface area contributed by atoms with Crippen LogP contribution >= 0.6 is 11.8 Å². The molecule has 1 aromatic heterocycles. The Balaban J connectivity index is 2.09. The first-order valence-electron chi connectivity index (χ1n) is 5.62. The van der Waals surface area contributed by atoms with Crippen molar-refractivity contribution < 1.29 is 14.3 Å². The minimum Gasteiger partial charge on any atom is -0.507 e. The number of halogens is 1. The van der Waals surface area contributed by atoms with Crippen molar-refractivity contribution in [2.24, 2.45) is 7.05 Å². The first-order valence-corrected chi connectivity index (χ1v) is 6.61. The molecule has 0 aliphatic heterocycles. The van der Waals surface area contributed by atoms with Crippen LogP contribution in [0.1, 0.15) is 16.1 Å². The molecule has 0 fully saturated rings. The normalized spacial score (nSPS) is 10.7. The summed E-state index contributed by atoms with van der Waals surface area (Å²) in [5.41, 5.74) is 0.873. The molecule has 0 aliphatic carbocycles. The molecule has 0 amide bonds. The highest BCUT2D eigenvalue weighted by atomic mass is 32.2. The summed E-state index contributed by atoms with van der Waals surface area (Å²) in [5, 5.41) is 14.6. The van der Waals surface area contributed by atoms with Crippen LogP contribution in [0.5, 0.6) is 5.75 Å². The van der Waals surface area contributed by atoms with Gasteiger partial charge in [0.05, 0.1) is 22.0 Å². The molecular formula is C13H13FN2O2S.